The van der Waals surface area contributed by atoms with E-state index in [1.165, 1.54) is 7.11 Å². The van der Waals surface area contributed by atoms with Crippen molar-refractivity contribution in [3.05, 3.63) is 23.2 Å². The Morgan fingerprint density at radius 3 is 2.94 bits per heavy atom. The molecule has 16 heavy (non-hydrogen) atoms. The molecule has 1 aromatic rings. The highest BCUT2D eigenvalue weighted by atomic mass is 35.5. The number of hydrogen-bond donors (Lipinski definition) is 2. The van der Waals surface area contributed by atoms with E-state index in [0.717, 1.165) is 0 Å². The number of methoxy groups -OCH3 is 1. The van der Waals surface area contributed by atoms with Gasteiger partial charge in [0.1, 0.15) is 6.61 Å². The number of rotatable bonds is 5. The minimum absolute atomic E-state index is 0.0287. The molecule has 0 saturated carbocycles. The standard InChI is InChI=1S/C10H11ClN2O3/c1-16-5-10(15)13-7-2-3-8(11)9(4-7)12-6-14/h2-4,6H,5H2,1H3,(H,12,14)(H,13,15). The zero-order valence-electron chi connectivity index (χ0n) is 8.62. The summed E-state index contributed by atoms with van der Waals surface area (Å²) < 4.78 is 4.67. The van der Waals surface area contributed by atoms with Crippen LogP contribution in [0.2, 0.25) is 5.02 Å². The topological polar surface area (TPSA) is 67.4 Å². The monoisotopic (exact) mass is 242 g/mol. The average Bonchev–Trinajstić information content (AvgIpc) is 2.24. The molecule has 1 rings (SSSR count). The highest BCUT2D eigenvalue weighted by Crippen LogP contribution is 2.24. The van der Waals surface area contributed by atoms with Crippen LogP contribution in [0.1, 0.15) is 0 Å². The summed E-state index contributed by atoms with van der Waals surface area (Å²) in [5, 5.41) is 5.42. The van der Waals surface area contributed by atoms with Crippen LogP contribution in [0.4, 0.5) is 11.4 Å². The molecule has 5 nitrogen and oxygen atoms in total. The molecule has 0 aliphatic rings. The third-order valence-corrected chi connectivity index (χ3v) is 2.07. The number of anilines is 2. The lowest BCUT2D eigenvalue weighted by molar-refractivity contribution is -0.119. The molecule has 0 aliphatic heterocycles. The minimum Gasteiger partial charge on any atom is -0.375 e. The third-order valence-electron chi connectivity index (χ3n) is 1.74. The van der Waals surface area contributed by atoms with Gasteiger partial charge >= 0.3 is 0 Å². The second-order valence-electron chi connectivity index (χ2n) is 2.94. The molecule has 0 radical (unpaired) electrons. The van der Waals surface area contributed by atoms with E-state index in [4.69, 9.17) is 11.6 Å². The van der Waals surface area contributed by atoms with Crippen LogP contribution in [0.25, 0.3) is 0 Å². The third kappa shape index (κ3) is 3.52. The van der Waals surface area contributed by atoms with Crippen molar-refractivity contribution in [2.45, 2.75) is 0 Å². The minimum atomic E-state index is -0.276. The second-order valence-corrected chi connectivity index (χ2v) is 3.35. The molecule has 0 aliphatic carbocycles. The maximum atomic E-state index is 11.2. The first-order chi connectivity index (χ1) is 7.67. The molecular formula is C10H11ClN2O3. The molecule has 2 N–H and O–H groups in total. The number of benzene rings is 1. The molecule has 1 aromatic carbocycles. The first-order valence-electron chi connectivity index (χ1n) is 4.46. The van der Waals surface area contributed by atoms with Crippen molar-refractivity contribution in [1.82, 2.24) is 0 Å². The normalized spacial score (nSPS) is 9.62. The number of carbonyl (C=O) groups excluding carboxylic acids is 2. The van der Waals surface area contributed by atoms with Gasteiger partial charge in [-0.3, -0.25) is 9.59 Å². The molecule has 0 unspecified atom stereocenters. The molecule has 2 amide bonds. The van der Waals surface area contributed by atoms with Gasteiger partial charge in [0.25, 0.3) is 0 Å². The molecule has 0 fully saturated rings. The first-order valence-corrected chi connectivity index (χ1v) is 4.83. The van der Waals surface area contributed by atoms with Gasteiger partial charge in [-0.1, -0.05) is 11.6 Å². The highest BCUT2D eigenvalue weighted by molar-refractivity contribution is 6.33. The Balaban J connectivity index is 2.77. The Morgan fingerprint density at radius 2 is 2.31 bits per heavy atom. The van der Waals surface area contributed by atoms with Gasteiger partial charge in [-0.15, -0.1) is 0 Å². The van der Waals surface area contributed by atoms with Gasteiger partial charge in [0.05, 0.1) is 10.7 Å². The smallest absolute Gasteiger partial charge is 0.250 e. The molecule has 86 valence electrons. The lowest BCUT2D eigenvalue weighted by Gasteiger charge is -2.07. The quantitative estimate of drug-likeness (QED) is 0.769. The molecule has 0 saturated heterocycles. The van der Waals surface area contributed by atoms with Crippen molar-refractivity contribution >= 4 is 35.3 Å². The maximum absolute atomic E-state index is 11.2. The second kappa shape index (κ2) is 6.09. The van der Waals surface area contributed by atoms with Gasteiger partial charge in [0, 0.05) is 12.8 Å². The van der Waals surface area contributed by atoms with Crippen molar-refractivity contribution in [3.8, 4) is 0 Å². The lowest BCUT2D eigenvalue weighted by Crippen LogP contribution is -2.17. The molecule has 0 spiro atoms. The fourth-order valence-corrected chi connectivity index (χ4v) is 1.28. The molecule has 0 heterocycles. The average molecular weight is 243 g/mol. The number of carbonyl (C=O) groups is 2. The summed E-state index contributed by atoms with van der Waals surface area (Å²) in [6.07, 6.45) is 0.516. The van der Waals surface area contributed by atoms with Gasteiger partial charge in [0.15, 0.2) is 0 Å². The van der Waals surface area contributed by atoms with Crippen molar-refractivity contribution < 1.29 is 14.3 Å². The van der Waals surface area contributed by atoms with Gasteiger partial charge in [-0.25, -0.2) is 0 Å². The Kier molecular flexibility index (Phi) is 4.75. The Hall–Kier alpha value is -1.59. The maximum Gasteiger partial charge on any atom is 0.250 e. The van der Waals surface area contributed by atoms with Gasteiger partial charge in [-0.2, -0.15) is 0 Å². The van der Waals surface area contributed by atoms with Crippen molar-refractivity contribution in [2.75, 3.05) is 24.4 Å². The Morgan fingerprint density at radius 1 is 1.56 bits per heavy atom. The fraction of sp³-hybridized carbons (Fsp3) is 0.200. The number of ether oxygens (including phenoxy) is 1. The summed E-state index contributed by atoms with van der Waals surface area (Å²) in [6.45, 7) is -0.0287. The Labute approximate surface area is 97.7 Å². The van der Waals surface area contributed by atoms with Gasteiger partial charge in [0.2, 0.25) is 12.3 Å². The predicted octanol–water partition coefficient (Wildman–Crippen LogP) is 1.49. The first kappa shape index (κ1) is 12.5. The molecular weight excluding hydrogens is 232 g/mol. The number of nitrogens with one attached hydrogen (secondary N) is 2. The SMILES string of the molecule is COCC(=O)Nc1ccc(Cl)c(NC=O)c1. The summed E-state index contributed by atoms with van der Waals surface area (Å²) >= 11 is 5.81. The molecule has 6 heteroatoms. The van der Waals surface area contributed by atoms with Crippen molar-refractivity contribution in [3.63, 3.8) is 0 Å². The van der Waals surface area contributed by atoms with Crippen molar-refractivity contribution in [2.24, 2.45) is 0 Å². The van der Waals surface area contributed by atoms with E-state index in [1.807, 2.05) is 0 Å². The van der Waals surface area contributed by atoms with Crippen LogP contribution in [0.15, 0.2) is 18.2 Å². The van der Waals surface area contributed by atoms with Gasteiger partial charge < -0.3 is 15.4 Å². The molecule has 0 bridgehead atoms. The molecule has 0 atom stereocenters. The fourth-order valence-electron chi connectivity index (χ4n) is 1.11. The van der Waals surface area contributed by atoms with Crippen LogP contribution in [0.5, 0.6) is 0 Å². The summed E-state index contributed by atoms with van der Waals surface area (Å²) in [5.74, 6) is -0.276. The summed E-state index contributed by atoms with van der Waals surface area (Å²) in [7, 11) is 1.43. The van der Waals surface area contributed by atoms with Gasteiger partial charge in [-0.05, 0) is 18.2 Å². The largest absolute Gasteiger partial charge is 0.375 e. The van der Waals surface area contributed by atoms with Crippen molar-refractivity contribution in [1.29, 1.82) is 0 Å². The van der Waals surface area contributed by atoms with Crippen LogP contribution in [-0.2, 0) is 14.3 Å². The molecule has 0 aromatic heterocycles. The van der Waals surface area contributed by atoms with Crippen LogP contribution in [-0.4, -0.2) is 26.0 Å². The van der Waals surface area contributed by atoms with E-state index in [2.05, 4.69) is 15.4 Å². The zero-order valence-corrected chi connectivity index (χ0v) is 9.38. The van der Waals surface area contributed by atoms with E-state index in [1.54, 1.807) is 18.2 Å². The number of amides is 2. The van der Waals surface area contributed by atoms with Crippen LogP contribution >= 0.6 is 11.6 Å². The lowest BCUT2D eigenvalue weighted by atomic mass is 10.2. The number of halogens is 1. The van der Waals surface area contributed by atoms with Crippen LogP contribution < -0.4 is 10.6 Å². The van der Waals surface area contributed by atoms with E-state index < -0.39 is 0 Å². The Bertz CT molecular complexity index is 396. The van der Waals surface area contributed by atoms with E-state index in [9.17, 15) is 9.59 Å². The summed E-state index contributed by atoms with van der Waals surface area (Å²) in [4.78, 5) is 21.5. The van der Waals surface area contributed by atoms with E-state index in [0.29, 0.717) is 22.8 Å². The van der Waals surface area contributed by atoms with E-state index >= 15 is 0 Å². The highest BCUT2D eigenvalue weighted by Gasteiger charge is 2.04. The zero-order chi connectivity index (χ0) is 12.0. The summed E-state index contributed by atoms with van der Waals surface area (Å²) in [5.41, 5.74) is 0.975. The van der Waals surface area contributed by atoms with Crippen LogP contribution in [0, 0.1) is 0 Å². The van der Waals surface area contributed by atoms with E-state index in [-0.39, 0.29) is 12.5 Å². The summed E-state index contributed by atoms with van der Waals surface area (Å²) in [6, 6.07) is 4.77. The number of hydrogen-bond acceptors (Lipinski definition) is 3. The van der Waals surface area contributed by atoms with Crippen LogP contribution in [0.3, 0.4) is 0 Å². The predicted molar refractivity (Wildman–Crippen MR) is 61.6 cm³/mol.